The van der Waals surface area contributed by atoms with Gasteiger partial charge in [0.05, 0.1) is 6.07 Å². The van der Waals surface area contributed by atoms with Crippen LogP contribution < -0.4 is 0 Å². The third kappa shape index (κ3) is 3.97. The van der Waals surface area contributed by atoms with Crippen molar-refractivity contribution in [3.05, 3.63) is 0 Å². The maximum atomic E-state index is 8.10. The van der Waals surface area contributed by atoms with Crippen LogP contribution >= 0.6 is 8.60 Å². The van der Waals surface area contributed by atoms with E-state index in [4.69, 9.17) is 15.0 Å². The molecular formula is C3H6NO3P. The largest absolute Gasteiger partial charge is 0.328 e. The first kappa shape index (κ1) is 7.80. The number of nitriles is 1. The number of hydrogen-bond acceptors (Lipinski definition) is 4. The minimum Gasteiger partial charge on any atom is -0.328 e. The maximum Gasteiger partial charge on any atom is 0.328 e. The molecule has 8 heavy (non-hydrogen) atoms. The summed E-state index contributed by atoms with van der Waals surface area (Å²) in [5.41, 5.74) is 0. The summed E-state index contributed by atoms with van der Waals surface area (Å²) < 4.78 is 4.21. The van der Waals surface area contributed by atoms with E-state index in [0.717, 1.165) is 0 Å². The second kappa shape index (κ2) is 3.76. The van der Waals surface area contributed by atoms with Crippen LogP contribution in [0.4, 0.5) is 0 Å². The molecule has 2 N–H and O–H groups in total. The van der Waals surface area contributed by atoms with Gasteiger partial charge in [-0.05, 0) is 6.92 Å². The fourth-order valence-corrected chi connectivity index (χ4v) is 0.495. The van der Waals surface area contributed by atoms with Crippen LogP contribution in [0, 0.1) is 11.3 Å². The van der Waals surface area contributed by atoms with E-state index < -0.39 is 14.7 Å². The topological polar surface area (TPSA) is 73.5 Å². The smallest absolute Gasteiger partial charge is 0.328 e. The highest BCUT2D eigenvalue weighted by Crippen LogP contribution is 2.25. The SMILES string of the molecule is CC(C#N)OP(O)O. The van der Waals surface area contributed by atoms with Gasteiger partial charge in [-0.25, -0.2) is 0 Å². The summed E-state index contributed by atoms with van der Waals surface area (Å²) in [7, 11) is -2.37. The molecule has 0 saturated heterocycles. The molecule has 0 aromatic rings. The lowest BCUT2D eigenvalue weighted by atomic mass is 10.5. The predicted molar refractivity (Wildman–Crippen MR) is 27.5 cm³/mol. The van der Waals surface area contributed by atoms with Crippen LogP contribution in [0.1, 0.15) is 6.92 Å². The van der Waals surface area contributed by atoms with E-state index in [2.05, 4.69) is 4.52 Å². The fourth-order valence-electron chi connectivity index (χ4n) is 0.165. The minimum atomic E-state index is -2.37. The van der Waals surface area contributed by atoms with Crippen LogP contribution in [0.15, 0.2) is 0 Å². The predicted octanol–water partition coefficient (Wildman–Crippen LogP) is 0.127. The molecule has 5 heteroatoms. The number of nitrogens with zero attached hydrogens (tertiary/aromatic N) is 1. The Morgan fingerprint density at radius 3 is 2.38 bits per heavy atom. The van der Waals surface area contributed by atoms with Gasteiger partial charge in [0.25, 0.3) is 0 Å². The monoisotopic (exact) mass is 135 g/mol. The Morgan fingerprint density at radius 1 is 1.75 bits per heavy atom. The average molecular weight is 135 g/mol. The quantitative estimate of drug-likeness (QED) is 0.527. The molecule has 1 unspecified atom stereocenters. The molecule has 0 amide bonds. The molecule has 1 atom stereocenters. The van der Waals surface area contributed by atoms with Crippen molar-refractivity contribution in [2.75, 3.05) is 0 Å². The molecule has 0 aromatic carbocycles. The molecule has 0 aliphatic rings. The summed E-state index contributed by atoms with van der Waals surface area (Å²) in [4.78, 5) is 16.2. The lowest BCUT2D eigenvalue weighted by Crippen LogP contribution is -1.98. The Labute approximate surface area is 48.3 Å². The van der Waals surface area contributed by atoms with Crippen molar-refractivity contribution in [1.29, 1.82) is 5.26 Å². The van der Waals surface area contributed by atoms with Gasteiger partial charge in [0.2, 0.25) is 0 Å². The van der Waals surface area contributed by atoms with Gasteiger partial charge in [0, 0.05) is 0 Å². The molecule has 0 bridgehead atoms. The molecule has 0 radical (unpaired) electrons. The zero-order valence-corrected chi connectivity index (χ0v) is 5.17. The molecule has 0 aliphatic heterocycles. The van der Waals surface area contributed by atoms with Gasteiger partial charge in [0.1, 0.15) is 6.10 Å². The van der Waals surface area contributed by atoms with Gasteiger partial charge in [0.15, 0.2) is 0 Å². The first-order valence-corrected chi connectivity index (χ1v) is 3.07. The van der Waals surface area contributed by atoms with Crippen molar-refractivity contribution in [2.45, 2.75) is 13.0 Å². The second-order valence-corrected chi connectivity index (χ2v) is 1.85. The molecule has 4 nitrogen and oxygen atoms in total. The van der Waals surface area contributed by atoms with Gasteiger partial charge in [-0.15, -0.1) is 0 Å². The van der Waals surface area contributed by atoms with Gasteiger partial charge in [-0.2, -0.15) is 5.26 Å². The van der Waals surface area contributed by atoms with Crippen LogP contribution in [0.5, 0.6) is 0 Å². The zero-order valence-electron chi connectivity index (χ0n) is 4.27. The second-order valence-electron chi connectivity index (χ2n) is 1.13. The van der Waals surface area contributed by atoms with Gasteiger partial charge in [-0.3, -0.25) is 4.52 Å². The van der Waals surface area contributed by atoms with Crippen molar-refractivity contribution in [1.82, 2.24) is 0 Å². The Bertz CT molecular complexity index is 99.2. The van der Waals surface area contributed by atoms with Crippen LogP contribution in [0.2, 0.25) is 0 Å². The molecule has 0 fully saturated rings. The lowest BCUT2D eigenvalue weighted by Gasteiger charge is -2.02. The normalized spacial score (nSPS) is 13.4. The van der Waals surface area contributed by atoms with E-state index in [0.29, 0.717) is 0 Å². The molecule has 0 aromatic heterocycles. The Morgan fingerprint density at radius 2 is 2.25 bits per heavy atom. The Hall–Kier alpha value is -0.200. The number of rotatable bonds is 2. The van der Waals surface area contributed by atoms with E-state index in [1.165, 1.54) is 6.92 Å². The fraction of sp³-hybridized carbons (Fsp3) is 0.667. The first-order chi connectivity index (χ1) is 3.66. The molecule has 0 spiro atoms. The van der Waals surface area contributed by atoms with Crippen LogP contribution in [0.3, 0.4) is 0 Å². The summed E-state index contributed by atoms with van der Waals surface area (Å²) in [6.07, 6.45) is -0.740. The third-order valence-corrected chi connectivity index (χ3v) is 0.939. The van der Waals surface area contributed by atoms with Crippen LogP contribution in [-0.4, -0.2) is 15.9 Å². The summed E-state index contributed by atoms with van der Waals surface area (Å²) in [5, 5.41) is 8.00. The zero-order chi connectivity index (χ0) is 6.57. The molecule has 0 heterocycles. The molecular weight excluding hydrogens is 129 g/mol. The van der Waals surface area contributed by atoms with Crippen molar-refractivity contribution in [3.8, 4) is 6.07 Å². The summed E-state index contributed by atoms with van der Waals surface area (Å²) in [6.45, 7) is 1.43. The first-order valence-electron chi connectivity index (χ1n) is 1.91. The highest BCUT2D eigenvalue weighted by molar-refractivity contribution is 7.39. The number of hydrogen-bond donors (Lipinski definition) is 2. The van der Waals surface area contributed by atoms with Gasteiger partial charge >= 0.3 is 8.60 Å². The van der Waals surface area contributed by atoms with Gasteiger partial charge in [-0.1, -0.05) is 0 Å². The van der Waals surface area contributed by atoms with Crippen molar-refractivity contribution in [2.24, 2.45) is 0 Å². The Balaban J connectivity index is 3.28. The standard InChI is InChI=1S/C3H6NO3P/c1-3(2-4)7-8(5)6/h3,5-6H,1H3. The lowest BCUT2D eigenvalue weighted by molar-refractivity contribution is 0.226. The summed E-state index contributed by atoms with van der Waals surface area (Å²) in [5.74, 6) is 0. The molecule has 0 rings (SSSR count). The summed E-state index contributed by atoms with van der Waals surface area (Å²) in [6, 6.07) is 1.67. The highest BCUT2D eigenvalue weighted by Gasteiger charge is 2.04. The van der Waals surface area contributed by atoms with Crippen LogP contribution in [-0.2, 0) is 4.52 Å². The van der Waals surface area contributed by atoms with E-state index in [-0.39, 0.29) is 0 Å². The third-order valence-electron chi connectivity index (χ3n) is 0.434. The maximum absolute atomic E-state index is 8.10. The van der Waals surface area contributed by atoms with Crippen LogP contribution in [0.25, 0.3) is 0 Å². The molecule has 0 aliphatic carbocycles. The molecule has 46 valence electrons. The summed E-state index contributed by atoms with van der Waals surface area (Å²) >= 11 is 0. The van der Waals surface area contributed by atoms with Gasteiger partial charge < -0.3 is 9.79 Å². The van der Waals surface area contributed by atoms with E-state index >= 15 is 0 Å². The van der Waals surface area contributed by atoms with E-state index in [1.807, 2.05) is 0 Å². The van der Waals surface area contributed by atoms with Crippen molar-refractivity contribution >= 4 is 8.60 Å². The van der Waals surface area contributed by atoms with Crippen molar-refractivity contribution < 1.29 is 14.3 Å². The minimum absolute atomic E-state index is 0.740. The molecule has 0 saturated carbocycles. The highest BCUT2D eigenvalue weighted by atomic mass is 31.2. The Kier molecular flexibility index (Phi) is 3.67. The van der Waals surface area contributed by atoms with E-state index in [1.54, 1.807) is 6.07 Å². The average Bonchev–Trinajstić information content (AvgIpc) is 1.65. The van der Waals surface area contributed by atoms with Crippen molar-refractivity contribution in [3.63, 3.8) is 0 Å². The van der Waals surface area contributed by atoms with E-state index in [9.17, 15) is 0 Å².